The first-order chi connectivity index (χ1) is 12.9. The maximum atomic E-state index is 12.3. The van der Waals surface area contributed by atoms with Crippen LogP contribution in [0.2, 0.25) is 0 Å². The fraction of sp³-hybridized carbons (Fsp3) is 0.333. The van der Waals surface area contributed by atoms with Crippen LogP contribution in [-0.4, -0.2) is 48.8 Å². The van der Waals surface area contributed by atoms with Crippen LogP contribution in [0.4, 0.5) is 5.69 Å². The number of nitrogens with zero attached hydrogens (tertiary/aromatic N) is 2. The standard InChI is InChI=1S/C21H25N3O3/c1-15-5-4-6-16(2)21(15)23-20(26)13-24(3)12-18(25)14-27-19-9-7-17(11-22)8-10-19/h4-10,18,25H,12-14H2,1-3H3,(H,23,26). The van der Waals surface area contributed by atoms with E-state index in [4.69, 9.17) is 10.00 Å². The summed E-state index contributed by atoms with van der Waals surface area (Å²) in [7, 11) is 1.77. The molecular weight excluding hydrogens is 342 g/mol. The third-order valence-corrected chi connectivity index (χ3v) is 4.11. The Morgan fingerprint density at radius 2 is 1.85 bits per heavy atom. The van der Waals surface area contributed by atoms with E-state index in [2.05, 4.69) is 5.32 Å². The number of aryl methyl sites for hydroxylation is 2. The minimum Gasteiger partial charge on any atom is -0.491 e. The molecule has 0 radical (unpaired) electrons. The lowest BCUT2D eigenvalue weighted by Crippen LogP contribution is -2.38. The van der Waals surface area contributed by atoms with Crippen molar-refractivity contribution in [2.75, 3.05) is 32.1 Å². The lowest BCUT2D eigenvalue weighted by Gasteiger charge is -2.21. The second-order valence-corrected chi connectivity index (χ2v) is 6.61. The van der Waals surface area contributed by atoms with E-state index in [1.54, 1.807) is 36.2 Å². The monoisotopic (exact) mass is 367 g/mol. The van der Waals surface area contributed by atoms with Crippen LogP contribution in [0.1, 0.15) is 16.7 Å². The number of hydrogen-bond acceptors (Lipinski definition) is 5. The van der Waals surface area contributed by atoms with Gasteiger partial charge in [-0.2, -0.15) is 5.26 Å². The highest BCUT2D eigenvalue weighted by atomic mass is 16.5. The summed E-state index contributed by atoms with van der Waals surface area (Å²) in [5.74, 6) is 0.457. The number of nitriles is 1. The number of carbonyl (C=O) groups excluding carboxylic acids is 1. The van der Waals surface area contributed by atoms with Crippen LogP contribution in [0.15, 0.2) is 42.5 Å². The number of benzene rings is 2. The van der Waals surface area contributed by atoms with Crippen molar-refractivity contribution in [2.24, 2.45) is 0 Å². The Morgan fingerprint density at radius 3 is 2.44 bits per heavy atom. The van der Waals surface area contributed by atoms with Crippen molar-refractivity contribution in [3.8, 4) is 11.8 Å². The Labute approximate surface area is 160 Å². The van der Waals surface area contributed by atoms with Gasteiger partial charge in [0.1, 0.15) is 18.5 Å². The summed E-state index contributed by atoms with van der Waals surface area (Å²) in [6, 6.07) is 14.6. The largest absolute Gasteiger partial charge is 0.491 e. The summed E-state index contributed by atoms with van der Waals surface area (Å²) in [4.78, 5) is 14.0. The van der Waals surface area contributed by atoms with Crippen LogP contribution in [0.5, 0.6) is 5.75 Å². The van der Waals surface area contributed by atoms with E-state index >= 15 is 0 Å². The Balaban J connectivity index is 1.77. The van der Waals surface area contributed by atoms with Gasteiger partial charge in [0, 0.05) is 12.2 Å². The molecule has 1 unspecified atom stereocenters. The van der Waals surface area contributed by atoms with Gasteiger partial charge in [-0.3, -0.25) is 9.69 Å². The van der Waals surface area contributed by atoms with Gasteiger partial charge in [0.25, 0.3) is 0 Å². The van der Waals surface area contributed by atoms with E-state index < -0.39 is 6.10 Å². The summed E-state index contributed by atoms with van der Waals surface area (Å²) in [6.07, 6.45) is -0.737. The molecule has 142 valence electrons. The lowest BCUT2D eigenvalue weighted by atomic mass is 10.1. The van der Waals surface area contributed by atoms with E-state index in [-0.39, 0.29) is 19.1 Å². The van der Waals surface area contributed by atoms with Crippen LogP contribution in [0.3, 0.4) is 0 Å². The van der Waals surface area contributed by atoms with Crippen LogP contribution in [0, 0.1) is 25.2 Å². The van der Waals surface area contributed by atoms with Gasteiger partial charge in [0.05, 0.1) is 18.2 Å². The van der Waals surface area contributed by atoms with E-state index in [0.29, 0.717) is 17.9 Å². The van der Waals surface area contributed by atoms with Crippen molar-refractivity contribution in [3.05, 3.63) is 59.2 Å². The highest BCUT2D eigenvalue weighted by Crippen LogP contribution is 2.19. The number of nitrogens with one attached hydrogen (secondary N) is 1. The predicted octanol–water partition coefficient (Wildman–Crippen LogP) is 2.49. The minimum atomic E-state index is -0.737. The Hall–Kier alpha value is -2.88. The van der Waals surface area contributed by atoms with Crippen LogP contribution in [0.25, 0.3) is 0 Å². The van der Waals surface area contributed by atoms with Gasteiger partial charge in [-0.1, -0.05) is 18.2 Å². The van der Waals surface area contributed by atoms with Crippen molar-refractivity contribution in [1.82, 2.24) is 4.90 Å². The maximum absolute atomic E-state index is 12.3. The predicted molar refractivity (Wildman–Crippen MR) is 105 cm³/mol. The first kappa shape index (κ1) is 20.4. The molecule has 2 rings (SSSR count). The second kappa shape index (κ2) is 9.72. The third kappa shape index (κ3) is 6.41. The fourth-order valence-electron chi connectivity index (χ4n) is 2.73. The Morgan fingerprint density at radius 1 is 1.22 bits per heavy atom. The van der Waals surface area contributed by atoms with E-state index in [1.807, 2.05) is 38.1 Å². The number of amides is 1. The number of rotatable bonds is 8. The average molecular weight is 367 g/mol. The lowest BCUT2D eigenvalue weighted by molar-refractivity contribution is -0.117. The average Bonchev–Trinajstić information content (AvgIpc) is 2.63. The molecule has 2 aromatic rings. The fourth-order valence-corrected chi connectivity index (χ4v) is 2.73. The van der Waals surface area contributed by atoms with Gasteiger partial charge in [-0.05, 0) is 56.3 Å². The molecule has 0 aliphatic rings. The topological polar surface area (TPSA) is 85.6 Å². The molecule has 0 aromatic heterocycles. The van der Waals surface area contributed by atoms with Gasteiger partial charge in [-0.25, -0.2) is 0 Å². The highest BCUT2D eigenvalue weighted by molar-refractivity contribution is 5.93. The molecule has 1 atom stereocenters. The Kier molecular flexibility index (Phi) is 7.35. The van der Waals surface area contributed by atoms with E-state index in [1.165, 1.54) is 0 Å². The molecule has 0 saturated carbocycles. The van der Waals surface area contributed by atoms with Gasteiger partial charge in [0.2, 0.25) is 5.91 Å². The molecule has 2 N–H and O–H groups in total. The number of carbonyl (C=O) groups is 1. The molecule has 0 aliphatic carbocycles. The normalized spacial score (nSPS) is 11.7. The number of para-hydroxylation sites is 1. The molecule has 6 nitrogen and oxygen atoms in total. The molecule has 0 saturated heterocycles. The Bertz CT molecular complexity index is 792. The summed E-state index contributed by atoms with van der Waals surface area (Å²) in [5, 5.41) is 21.8. The molecule has 27 heavy (non-hydrogen) atoms. The first-order valence-electron chi connectivity index (χ1n) is 8.74. The number of aliphatic hydroxyl groups excluding tert-OH is 1. The molecule has 0 spiro atoms. The molecule has 0 heterocycles. The summed E-state index contributed by atoms with van der Waals surface area (Å²) in [6.45, 7) is 4.49. The van der Waals surface area contributed by atoms with Crippen molar-refractivity contribution >= 4 is 11.6 Å². The van der Waals surface area contributed by atoms with Crippen molar-refractivity contribution < 1.29 is 14.6 Å². The molecule has 0 aliphatic heterocycles. The summed E-state index contributed by atoms with van der Waals surface area (Å²) in [5.41, 5.74) is 3.42. The second-order valence-electron chi connectivity index (χ2n) is 6.61. The van der Waals surface area contributed by atoms with E-state index in [0.717, 1.165) is 16.8 Å². The van der Waals surface area contributed by atoms with Crippen LogP contribution >= 0.6 is 0 Å². The zero-order chi connectivity index (χ0) is 19.8. The third-order valence-electron chi connectivity index (χ3n) is 4.11. The maximum Gasteiger partial charge on any atom is 0.238 e. The zero-order valence-electron chi connectivity index (χ0n) is 15.9. The van der Waals surface area contributed by atoms with Crippen molar-refractivity contribution in [1.29, 1.82) is 5.26 Å². The molecule has 0 bridgehead atoms. The number of ether oxygens (including phenoxy) is 1. The molecule has 2 aromatic carbocycles. The molecule has 1 amide bonds. The van der Waals surface area contributed by atoms with Gasteiger partial charge >= 0.3 is 0 Å². The van der Waals surface area contributed by atoms with Crippen LogP contribution < -0.4 is 10.1 Å². The van der Waals surface area contributed by atoms with Crippen molar-refractivity contribution in [3.63, 3.8) is 0 Å². The van der Waals surface area contributed by atoms with E-state index in [9.17, 15) is 9.90 Å². The molecule has 6 heteroatoms. The number of anilines is 1. The van der Waals surface area contributed by atoms with Crippen LogP contribution in [-0.2, 0) is 4.79 Å². The van der Waals surface area contributed by atoms with Crippen molar-refractivity contribution in [2.45, 2.75) is 20.0 Å². The number of hydrogen-bond donors (Lipinski definition) is 2. The quantitative estimate of drug-likeness (QED) is 0.749. The first-order valence-corrected chi connectivity index (χ1v) is 8.74. The minimum absolute atomic E-state index is 0.106. The molecular formula is C21H25N3O3. The van der Waals surface area contributed by atoms with Gasteiger partial charge in [0.15, 0.2) is 0 Å². The smallest absolute Gasteiger partial charge is 0.238 e. The molecule has 0 fully saturated rings. The van der Waals surface area contributed by atoms with Gasteiger partial charge in [-0.15, -0.1) is 0 Å². The number of aliphatic hydroxyl groups is 1. The summed E-state index contributed by atoms with van der Waals surface area (Å²) < 4.78 is 5.51. The highest BCUT2D eigenvalue weighted by Gasteiger charge is 2.14. The SMILES string of the molecule is Cc1cccc(C)c1NC(=O)CN(C)CC(O)COc1ccc(C#N)cc1. The van der Waals surface area contributed by atoms with Gasteiger partial charge < -0.3 is 15.2 Å². The zero-order valence-corrected chi connectivity index (χ0v) is 15.9. The summed E-state index contributed by atoms with van der Waals surface area (Å²) >= 11 is 0. The number of likely N-dealkylation sites (N-methyl/N-ethyl adjacent to an activating group) is 1.